The first-order chi connectivity index (χ1) is 17.4. The average molecular weight is 602 g/mol. The topological polar surface area (TPSA) is 91.9 Å². The van der Waals surface area contributed by atoms with Crippen LogP contribution in [0.25, 0.3) is 37.8 Å². The Balaban J connectivity index is 0.00000200. The monoisotopic (exact) mass is 602 g/mol. The smallest absolute Gasteiger partial charge is 0.266 e. The second kappa shape index (κ2) is 11.5. The van der Waals surface area contributed by atoms with E-state index in [0.717, 1.165) is 3.97 Å². The number of nitrogens with zero attached hydrogens (tertiary/aromatic N) is 3. The van der Waals surface area contributed by atoms with E-state index in [9.17, 15) is 13.2 Å². The van der Waals surface area contributed by atoms with E-state index in [1.807, 2.05) is 6.92 Å². The molecule has 0 amide bonds. The van der Waals surface area contributed by atoms with Crippen LogP contribution in [0.2, 0.25) is 0 Å². The summed E-state index contributed by atoms with van der Waals surface area (Å²) in [6, 6.07) is 17.7. The van der Waals surface area contributed by atoms with Gasteiger partial charge in [-0.3, -0.25) is 9.78 Å². The van der Waals surface area contributed by atoms with Crippen LogP contribution in [0.15, 0.2) is 82.6 Å². The summed E-state index contributed by atoms with van der Waals surface area (Å²) in [5.74, 6) is 0.906. The largest absolute Gasteiger partial charge is 0.528 e. The van der Waals surface area contributed by atoms with Gasteiger partial charge in [-0.1, -0.05) is 41.3 Å². The van der Waals surface area contributed by atoms with Crippen molar-refractivity contribution in [3.8, 4) is 22.6 Å². The second-order valence-corrected chi connectivity index (χ2v) is 9.61. The molecule has 3 aromatic carbocycles. The fraction of sp³-hybridized carbons (Fsp3) is 0.107. The first-order valence-electron chi connectivity index (χ1n) is 11.0. The molecule has 10 heteroatoms. The van der Waals surface area contributed by atoms with Crippen molar-refractivity contribution in [2.24, 2.45) is 0 Å². The van der Waals surface area contributed by atoms with Gasteiger partial charge >= 0.3 is 0 Å². The number of pyridine rings is 1. The molecule has 0 saturated heterocycles. The van der Waals surface area contributed by atoms with Crippen molar-refractivity contribution in [2.75, 3.05) is 13.7 Å². The molecule has 0 atom stereocenters. The molecule has 191 valence electrons. The van der Waals surface area contributed by atoms with Gasteiger partial charge in [0, 0.05) is 49.8 Å². The van der Waals surface area contributed by atoms with Crippen LogP contribution in [0.1, 0.15) is 6.92 Å². The van der Waals surface area contributed by atoms with Gasteiger partial charge in [-0.05, 0) is 36.8 Å². The third kappa shape index (κ3) is 4.64. The SMILES string of the molecule is [C-]#[N+]c1ccc2c(c1)[c-](-c1ccccc1OCC)c(=O)n2S(=O)(=O)c1ccc(OC)c2cccnc12.[CH3-].[Y]. The van der Waals surface area contributed by atoms with Gasteiger partial charge in [-0.25, -0.2) is 17.2 Å². The average Bonchev–Trinajstić information content (AvgIpc) is 3.19. The zero-order chi connectivity index (χ0) is 25.4. The van der Waals surface area contributed by atoms with Crippen LogP contribution < -0.4 is 15.0 Å². The molecule has 5 rings (SSSR count). The minimum Gasteiger partial charge on any atom is -0.528 e. The van der Waals surface area contributed by atoms with Gasteiger partial charge in [-0.2, -0.15) is 0 Å². The fourth-order valence-electron chi connectivity index (χ4n) is 4.36. The Hall–Kier alpha value is -3.45. The Morgan fingerprint density at radius 2 is 1.82 bits per heavy atom. The first kappa shape index (κ1) is 29.1. The van der Waals surface area contributed by atoms with Crippen molar-refractivity contribution >= 4 is 37.5 Å². The van der Waals surface area contributed by atoms with Crippen LogP contribution in [0.3, 0.4) is 0 Å². The van der Waals surface area contributed by atoms with E-state index in [2.05, 4.69) is 9.83 Å². The fourth-order valence-corrected chi connectivity index (χ4v) is 5.93. The second-order valence-electron chi connectivity index (χ2n) is 7.86. The van der Waals surface area contributed by atoms with Gasteiger partial charge in [0.15, 0.2) is 5.69 Å². The molecule has 0 spiro atoms. The summed E-state index contributed by atoms with van der Waals surface area (Å²) >= 11 is 0. The molecule has 0 unspecified atom stereocenters. The minimum atomic E-state index is -4.41. The van der Waals surface area contributed by atoms with Crippen molar-refractivity contribution in [1.82, 2.24) is 8.96 Å². The maximum absolute atomic E-state index is 14.1. The molecule has 2 aromatic heterocycles. The molecule has 38 heavy (non-hydrogen) atoms. The molecule has 0 bridgehead atoms. The number of fused-ring (bicyclic) bond motifs is 2. The van der Waals surface area contributed by atoms with Crippen molar-refractivity contribution in [3.05, 3.63) is 102 Å². The third-order valence-electron chi connectivity index (χ3n) is 5.88. The van der Waals surface area contributed by atoms with Crippen molar-refractivity contribution < 1.29 is 50.6 Å². The van der Waals surface area contributed by atoms with E-state index in [-0.39, 0.29) is 67.3 Å². The number of para-hydroxylation sites is 1. The van der Waals surface area contributed by atoms with Gasteiger partial charge in [-0.15, -0.1) is 12.1 Å². The molecule has 5 aromatic rings. The van der Waals surface area contributed by atoms with E-state index in [4.69, 9.17) is 16.0 Å². The molecule has 0 saturated carbocycles. The summed E-state index contributed by atoms with van der Waals surface area (Å²) < 4.78 is 40.1. The molecular weight excluding hydrogens is 579 g/mol. The predicted octanol–water partition coefficient (Wildman–Crippen LogP) is 5.58. The summed E-state index contributed by atoms with van der Waals surface area (Å²) in [6.07, 6.45) is 1.48. The number of hydrogen-bond acceptors (Lipinski definition) is 6. The van der Waals surface area contributed by atoms with Gasteiger partial charge in [0.2, 0.25) is 5.56 Å². The van der Waals surface area contributed by atoms with Crippen LogP contribution in [0.4, 0.5) is 5.69 Å². The number of hydrogen-bond donors (Lipinski definition) is 0. The van der Waals surface area contributed by atoms with Gasteiger partial charge in [0.25, 0.3) is 10.0 Å². The molecule has 1 radical (unpaired) electrons. The third-order valence-corrected chi connectivity index (χ3v) is 7.61. The van der Waals surface area contributed by atoms with E-state index in [1.54, 1.807) is 36.4 Å². The van der Waals surface area contributed by atoms with Crippen LogP contribution >= 0.6 is 0 Å². The van der Waals surface area contributed by atoms with Crippen LogP contribution in [-0.4, -0.2) is 31.1 Å². The van der Waals surface area contributed by atoms with E-state index >= 15 is 0 Å². The molecular formula is C28H23N3O5SY-2. The summed E-state index contributed by atoms with van der Waals surface area (Å²) in [7, 11) is -2.92. The molecule has 8 nitrogen and oxygen atoms in total. The molecule has 0 fully saturated rings. The van der Waals surface area contributed by atoms with Gasteiger partial charge in [0.05, 0.1) is 31.6 Å². The Morgan fingerprint density at radius 3 is 2.53 bits per heavy atom. The van der Waals surface area contributed by atoms with Crippen LogP contribution in [0.5, 0.6) is 11.5 Å². The van der Waals surface area contributed by atoms with Crippen molar-refractivity contribution in [2.45, 2.75) is 11.8 Å². The first-order valence-corrected chi connectivity index (χ1v) is 12.5. The Kier molecular flexibility index (Phi) is 8.83. The summed E-state index contributed by atoms with van der Waals surface area (Å²) in [4.78, 5) is 21.6. The predicted molar refractivity (Wildman–Crippen MR) is 144 cm³/mol. The zero-order valence-corrected chi connectivity index (χ0v) is 24.7. The number of aromatic nitrogens is 2. The van der Waals surface area contributed by atoms with Gasteiger partial charge < -0.3 is 16.9 Å². The number of benzene rings is 3. The normalized spacial score (nSPS) is 10.9. The van der Waals surface area contributed by atoms with Crippen molar-refractivity contribution in [1.29, 1.82) is 0 Å². The molecule has 0 aliphatic heterocycles. The van der Waals surface area contributed by atoms with Crippen LogP contribution in [-0.2, 0) is 42.7 Å². The van der Waals surface area contributed by atoms with Crippen molar-refractivity contribution in [3.63, 3.8) is 0 Å². The molecule has 2 heterocycles. The molecule has 0 N–H and O–H groups in total. The maximum atomic E-state index is 14.1. The van der Waals surface area contributed by atoms with E-state index in [0.29, 0.717) is 34.4 Å². The number of rotatable bonds is 6. The summed E-state index contributed by atoms with van der Waals surface area (Å²) in [5, 5.41) is 0.845. The standard InChI is InChI=1S/C27H20N3O5S.CH3.Y/c1-4-35-23-10-6-5-8-18(23)25-20-16-17(28-2)11-12-21(20)30(27(25)31)36(32,33)24-14-13-22(34-3)19-9-7-15-29-26(19)24;;/h5-16H,4H2,1,3H3;1H3;/q2*-1;. The Morgan fingerprint density at radius 1 is 1.05 bits per heavy atom. The quantitative estimate of drug-likeness (QED) is 0.236. The Bertz CT molecular complexity index is 1850. The molecule has 0 aliphatic rings. The summed E-state index contributed by atoms with van der Waals surface area (Å²) in [6.45, 7) is 9.61. The Labute approximate surface area is 246 Å². The zero-order valence-electron chi connectivity index (χ0n) is 21.0. The summed E-state index contributed by atoms with van der Waals surface area (Å²) in [5.41, 5.74) is 0.487. The van der Waals surface area contributed by atoms with E-state index in [1.165, 1.54) is 43.6 Å². The minimum absolute atomic E-state index is 0. The number of ether oxygens (including phenoxy) is 2. The maximum Gasteiger partial charge on any atom is 0.266 e. The molecule has 0 aliphatic carbocycles. The van der Waals surface area contributed by atoms with Gasteiger partial charge in [0.1, 0.15) is 10.6 Å². The number of methoxy groups -OCH3 is 1. The van der Waals surface area contributed by atoms with Crippen LogP contribution in [0, 0.1) is 14.0 Å². The van der Waals surface area contributed by atoms with E-state index < -0.39 is 15.6 Å².